The summed E-state index contributed by atoms with van der Waals surface area (Å²) in [7, 11) is -3.73. The highest BCUT2D eigenvalue weighted by Crippen LogP contribution is 2.23. The quantitative estimate of drug-likeness (QED) is 0.197. The number of non-ortho nitro benzene ring substituents is 1. The number of hydrogen-bond acceptors (Lipinski definition) is 7. The number of fused-ring (bicyclic) bond motifs is 1. The van der Waals surface area contributed by atoms with Crippen LogP contribution in [0.2, 0.25) is 0 Å². The van der Waals surface area contributed by atoms with Gasteiger partial charge in [-0.3, -0.25) is 14.8 Å². The monoisotopic (exact) mass is 523 g/mol. The van der Waals surface area contributed by atoms with Crippen molar-refractivity contribution in [3.63, 3.8) is 0 Å². The SMILES string of the molecule is CC(C)(CCn1cnc2cc([N+](=O)[O-])ccc21)NC[C@H](O)c1cccc(NS(=O)(=O)c2ccccc2)c1. The lowest BCUT2D eigenvalue weighted by atomic mass is 9.99. The molecular formula is C26H29N5O5S. The summed E-state index contributed by atoms with van der Waals surface area (Å²) in [5.74, 6) is 0. The third-order valence-corrected chi connectivity index (χ3v) is 7.54. The minimum atomic E-state index is -3.73. The van der Waals surface area contributed by atoms with Crippen LogP contribution in [0.4, 0.5) is 11.4 Å². The van der Waals surface area contributed by atoms with Crippen molar-refractivity contribution in [3.8, 4) is 0 Å². The van der Waals surface area contributed by atoms with Gasteiger partial charge in [-0.2, -0.15) is 0 Å². The van der Waals surface area contributed by atoms with Crippen molar-refractivity contribution < 1.29 is 18.4 Å². The first-order valence-electron chi connectivity index (χ1n) is 11.7. The average Bonchev–Trinajstić information content (AvgIpc) is 3.29. The summed E-state index contributed by atoms with van der Waals surface area (Å²) in [4.78, 5) is 15.0. The molecule has 1 aromatic heterocycles. The van der Waals surface area contributed by atoms with Crippen molar-refractivity contribution in [3.05, 3.63) is 94.8 Å². The van der Waals surface area contributed by atoms with E-state index in [4.69, 9.17) is 0 Å². The van der Waals surface area contributed by atoms with Crippen LogP contribution in [-0.4, -0.2) is 40.1 Å². The average molecular weight is 524 g/mol. The van der Waals surface area contributed by atoms with Gasteiger partial charge in [-0.15, -0.1) is 0 Å². The van der Waals surface area contributed by atoms with E-state index in [1.54, 1.807) is 54.9 Å². The fourth-order valence-electron chi connectivity index (χ4n) is 3.95. The van der Waals surface area contributed by atoms with Gasteiger partial charge < -0.3 is 15.0 Å². The van der Waals surface area contributed by atoms with E-state index in [1.165, 1.54) is 24.3 Å². The van der Waals surface area contributed by atoms with E-state index in [1.807, 2.05) is 18.4 Å². The Morgan fingerprint density at radius 2 is 1.84 bits per heavy atom. The van der Waals surface area contributed by atoms with Crippen molar-refractivity contribution in [1.82, 2.24) is 14.9 Å². The summed E-state index contributed by atoms with van der Waals surface area (Å²) < 4.78 is 29.7. The summed E-state index contributed by atoms with van der Waals surface area (Å²) in [6, 6.07) is 19.4. The Bertz CT molecular complexity index is 1500. The second-order valence-electron chi connectivity index (χ2n) is 9.44. The maximum atomic E-state index is 12.6. The summed E-state index contributed by atoms with van der Waals surface area (Å²) in [5, 5.41) is 25.1. The molecule has 0 aliphatic heterocycles. The van der Waals surface area contributed by atoms with Gasteiger partial charge in [0, 0.05) is 36.4 Å². The Kier molecular flexibility index (Phi) is 7.58. The predicted molar refractivity (Wildman–Crippen MR) is 142 cm³/mol. The Balaban J connectivity index is 1.35. The molecule has 0 aliphatic carbocycles. The first kappa shape index (κ1) is 26.3. The zero-order valence-electron chi connectivity index (χ0n) is 20.5. The number of sulfonamides is 1. The molecule has 3 N–H and O–H groups in total. The number of nitro benzene ring substituents is 1. The summed E-state index contributed by atoms with van der Waals surface area (Å²) in [6.07, 6.45) is 1.52. The minimum Gasteiger partial charge on any atom is -0.387 e. The topological polar surface area (TPSA) is 139 Å². The lowest BCUT2D eigenvalue weighted by Crippen LogP contribution is -2.42. The standard InChI is InChI=1S/C26H29N5O5S/c1-26(2,13-14-30-18-27-23-16-21(31(33)34)11-12-24(23)30)28-17-25(32)19-7-6-8-20(15-19)29-37(35,36)22-9-4-3-5-10-22/h3-12,15-16,18,25,28-29,32H,13-14,17H2,1-2H3/t25-/m0/s1. The highest BCUT2D eigenvalue weighted by atomic mass is 32.2. The zero-order valence-corrected chi connectivity index (χ0v) is 21.4. The maximum Gasteiger partial charge on any atom is 0.271 e. The molecule has 0 aliphatic rings. The second-order valence-corrected chi connectivity index (χ2v) is 11.1. The number of aromatic nitrogens is 2. The Hall–Kier alpha value is -3.80. The van der Waals surface area contributed by atoms with Crippen molar-refractivity contribution in [2.75, 3.05) is 11.3 Å². The van der Waals surface area contributed by atoms with Crippen molar-refractivity contribution in [2.24, 2.45) is 0 Å². The van der Waals surface area contributed by atoms with Gasteiger partial charge in [0.15, 0.2) is 0 Å². The fourth-order valence-corrected chi connectivity index (χ4v) is 5.02. The molecule has 4 rings (SSSR count). The minimum absolute atomic E-state index is 0.00525. The van der Waals surface area contributed by atoms with E-state index in [9.17, 15) is 23.6 Å². The van der Waals surface area contributed by atoms with Crippen molar-refractivity contribution in [2.45, 2.75) is 43.4 Å². The molecule has 1 heterocycles. The highest BCUT2D eigenvalue weighted by molar-refractivity contribution is 7.92. The Morgan fingerprint density at radius 3 is 2.57 bits per heavy atom. The molecular weight excluding hydrogens is 494 g/mol. The molecule has 0 fully saturated rings. The van der Waals surface area contributed by atoms with Crippen LogP contribution in [0.15, 0.2) is 84.0 Å². The van der Waals surface area contributed by atoms with E-state index in [0.717, 1.165) is 5.52 Å². The Morgan fingerprint density at radius 1 is 1.08 bits per heavy atom. The molecule has 11 heteroatoms. The zero-order chi connectivity index (χ0) is 26.6. The first-order valence-corrected chi connectivity index (χ1v) is 13.2. The number of benzene rings is 3. The number of nitrogens with zero attached hydrogens (tertiary/aromatic N) is 3. The molecule has 0 unspecified atom stereocenters. The number of nitrogens with one attached hydrogen (secondary N) is 2. The number of aliphatic hydroxyl groups is 1. The molecule has 0 radical (unpaired) electrons. The van der Waals surface area contributed by atoms with Gasteiger partial charge in [0.1, 0.15) is 0 Å². The van der Waals surface area contributed by atoms with E-state index in [-0.39, 0.29) is 22.7 Å². The molecule has 0 bridgehead atoms. The van der Waals surface area contributed by atoms with Gasteiger partial charge in [0.25, 0.3) is 15.7 Å². The van der Waals surface area contributed by atoms with Crippen LogP contribution in [0.3, 0.4) is 0 Å². The lowest BCUT2D eigenvalue weighted by molar-refractivity contribution is -0.384. The van der Waals surface area contributed by atoms with Crippen LogP contribution in [0, 0.1) is 10.1 Å². The van der Waals surface area contributed by atoms with Crippen LogP contribution >= 0.6 is 0 Å². The van der Waals surface area contributed by atoms with E-state index in [2.05, 4.69) is 15.0 Å². The third-order valence-electron chi connectivity index (χ3n) is 6.14. The third kappa shape index (κ3) is 6.50. The largest absolute Gasteiger partial charge is 0.387 e. The number of nitro groups is 1. The Labute approximate surface area is 215 Å². The van der Waals surface area contributed by atoms with Gasteiger partial charge in [0.2, 0.25) is 0 Å². The van der Waals surface area contributed by atoms with E-state index < -0.39 is 21.1 Å². The highest BCUT2D eigenvalue weighted by Gasteiger charge is 2.21. The van der Waals surface area contributed by atoms with Crippen LogP contribution in [0.1, 0.15) is 31.9 Å². The van der Waals surface area contributed by atoms with Crippen LogP contribution < -0.4 is 10.0 Å². The molecule has 1 atom stereocenters. The number of hydrogen-bond donors (Lipinski definition) is 3. The normalized spacial score (nSPS) is 12.9. The van der Waals surface area contributed by atoms with E-state index >= 15 is 0 Å². The maximum absolute atomic E-state index is 12.6. The number of imidazole rings is 1. The number of anilines is 1. The molecule has 37 heavy (non-hydrogen) atoms. The van der Waals surface area contributed by atoms with Crippen LogP contribution in [0.5, 0.6) is 0 Å². The van der Waals surface area contributed by atoms with Gasteiger partial charge >= 0.3 is 0 Å². The number of aliphatic hydroxyl groups excluding tert-OH is 1. The van der Waals surface area contributed by atoms with Gasteiger partial charge in [-0.25, -0.2) is 13.4 Å². The van der Waals surface area contributed by atoms with Gasteiger partial charge in [-0.1, -0.05) is 30.3 Å². The molecule has 0 spiro atoms. The molecule has 10 nitrogen and oxygen atoms in total. The van der Waals surface area contributed by atoms with Gasteiger partial charge in [0.05, 0.1) is 33.3 Å². The fraction of sp³-hybridized carbons (Fsp3) is 0.269. The van der Waals surface area contributed by atoms with Crippen LogP contribution in [-0.2, 0) is 16.6 Å². The number of rotatable bonds is 11. The molecule has 194 valence electrons. The summed E-state index contributed by atoms with van der Waals surface area (Å²) in [5.41, 5.74) is 2.00. The lowest BCUT2D eigenvalue weighted by Gasteiger charge is -2.28. The second kappa shape index (κ2) is 10.7. The van der Waals surface area contributed by atoms with E-state index in [0.29, 0.717) is 29.7 Å². The molecule has 3 aromatic carbocycles. The first-order chi connectivity index (χ1) is 17.5. The molecule has 4 aromatic rings. The summed E-state index contributed by atoms with van der Waals surface area (Å²) >= 11 is 0. The molecule has 0 saturated carbocycles. The van der Waals surface area contributed by atoms with Crippen molar-refractivity contribution in [1.29, 1.82) is 0 Å². The smallest absolute Gasteiger partial charge is 0.271 e. The molecule has 0 amide bonds. The van der Waals surface area contributed by atoms with Gasteiger partial charge in [-0.05, 0) is 56.2 Å². The van der Waals surface area contributed by atoms with Crippen LogP contribution in [0.25, 0.3) is 11.0 Å². The number of β-amino-alcohol motifs (C(OH)–C–C–N with tert-alkyl or cyclic N) is 1. The summed E-state index contributed by atoms with van der Waals surface area (Å²) in [6.45, 7) is 4.93. The number of aryl methyl sites for hydroxylation is 1. The predicted octanol–water partition coefficient (Wildman–Crippen LogP) is 4.24. The molecule has 0 saturated heterocycles. The van der Waals surface area contributed by atoms with Crippen molar-refractivity contribution >= 4 is 32.4 Å².